The van der Waals surface area contributed by atoms with Crippen LogP contribution in [0.2, 0.25) is 0 Å². The van der Waals surface area contributed by atoms with E-state index in [1.54, 1.807) is 0 Å². The second kappa shape index (κ2) is 7.97. The largest absolute Gasteiger partial charge is 0.0991 e. The fraction of sp³-hybridized carbons (Fsp3) is 0.304. The molecule has 1 atom stereocenters. The molecular weight excluding hydrogens is 276 g/mol. The van der Waals surface area contributed by atoms with Gasteiger partial charge in [0.15, 0.2) is 0 Å². The molecule has 1 aromatic rings. The number of hydrogen-bond acceptors (Lipinski definition) is 0. The quantitative estimate of drug-likeness (QED) is 0.548. The maximum Gasteiger partial charge on any atom is -0.0109 e. The summed E-state index contributed by atoms with van der Waals surface area (Å²) in [6.45, 7) is 14.5. The summed E-state index contributed by atoms with van der Waals surface area (Å²) in [5.41, 5.74) is 7.93. The lowest BCUT2D eigenvalue weighted by Crippen LogP contribution is -2.13. The van der Waals surface area contributed by atoms with Gasteiger partial charge in [0.25, 0.3) is 0 Å². The maximum absolute atomic E-state index is 4.18. The van der Waals surface area contributed by atoms with Gasteiger partial charge in [0.2, 0.25) is 0 Å². The number of hydrogen-bond donors (Lipinski definition) is 0. The lowest BCUT2D eigenvalue weighted by atomic mass is 9.80. The van der Waals surface area contributed by atoms with Crippen LogP contribution >= 0.6 is 0 Å². The molecule has 120 valence electrons. The number of fused-ring (bicyclic) bond motifs is 1. The molecule has 0 heterocycles. The molecule has 0 saturated carbocycles. The van der Waals surface area contributed by atoms with Crippen LogP contribution in [0.5, 0.6) is 0 Å². The average molecular weight is 304 g/mol. The highest BCUT2D eigenvalue weighted by molar-refractivity contribution is 5.83. The Bertz CT molecular complexity index is 680. The Balaban J connectivity index is 2.67. The highest BCUT2D eigenvalue weighted by atomic mass is 14.2. The number of rotatable bonds is 5. The van der Waals surface area contributed by atoms with Gasteiger partial charge in [-0.15, -0.1) is 0 Å². The summed E-state index contributed by atoms with van der Waals surface area (Å²) in [5.74, 6) is 0.785. The van der Waals surface area contributed by atoms with E-state index >= 15 is 0 Å². The Hall–Kier alpha value is -2.08. The molecule has 1 unspecified atom stereocenters. The zero-order valence-corrected chi connectivity index (χ0v) is 14.7. The summed E-state index contributed by atoms with van der Waals surface area (Å²) in [5, 5.41) is 0. The number of allylic oxidation sites excluding steroid dienone is 8. The molecule has 0 fully saturated rings. The SMILES string of the molecule is C=C/C=C\C(C(=C)C)=C(\C=CC)c1cccc2c1CCC(C)C2. The molecule has 0 N–H and O–H groups in total. The molecule has 0 amide bonds. The Kier molecular flexibility index (Phi) is 5.98. The zero-order chi connectivity index (χ0) is 16.8. The predicted molar refractivity (Wildman–Crippen MR) is 104 cm³/mol. The summed E-state index contributed by atoms with van der Waals surface area (Å²) in [4.78, 5) is 0. The van der Waals surface area contributed by atoms with Crippen molar-refractivity contribution in [3.05, 3.63) is 89.6 Å². The Morgan fingerprint density at radius 1 is 1.26 bits per heavy atom. The third-order valence-electron chi connectivity index (χ3n) is 4.50. The molecule has 2 rings (SSSR count). The molecule has 0 spiro atoms. The van der Waals surface area contributed by atoms with Gasteiger partial charge >= 0.3 is 0 Å². The second-order valence-corrected chi connectivity index (χ2v) is 6.49. The van der Waals surface area contributed by atoms with Crippen LogP contribution in [0, 0.1) is 5.92 Å². The van der Waals surface area contributed by atoms with E-state index in [0.717, 1.165) is 11.5 Å². The maximum atomic E-state index is 4.18. The second-order valence-electron chi connectivity index (χ2n) is 6.49. The van der Waals surface area contributed by atoms with Crippen LogP contribution < -0.4 is 0 Å². The molecule has 0 heteroatoms. The van der Waals surface area contributed by atoms with Gasteiger partial charge in [-0.1, -0.05) is 74.2 Å². The summed E-state index contributed by atoms with van der Waals surface area (Å²) in [6.07, 6.45) is 13.9. The molecule has 0 radical (unpaired) electrons. The fourth-order valence-electron chi connectivity index (χ4n) is 3.36. The van der Waals surface area contributed by atoms with Crippen LogP contribution in [-0.2, 0) is 12.8 Å². The van der Waals surface area contributed by atoms with Gasteiger partial charge < -0.3 is 0 Å². The molecule has 0 saturated heterocycles. The minimum atomic E-state index is 0.785. The van der Waals surface area contributed by atoms with Crippen molar-refractivity contribution in [1.29, 1.82) is 0 Å². The van der Waals surface area contributed by atoms with Crippen molar-refractivity contribution in [3.63, 3.8) is 0 Å². The minimum Gasteiger partial charge on any atom is -0.0991 e. The van der Waals surface area contributed by atoms with Crippen molar-refractivity contribution < 1.29 is 0 Å². The van der Waals surface area contributed by atoms with Crippen molar-refractivity contribution >= 4 is 5.57 Å². The summed E-state index contributed by atoms with van der Waals surface area (Å²) in [7, 11) is 0. The van der Waals surface area contributed by atoms with Crippen LogP contribution in [-0.4, -0.2) is 0 Å². The molecule has 1 aliphatic rings. The monoisotopic (exact) mass is 304 g/mol. The Morgan fingerprint density at radius 3 is 2.70 bits per heavy atom. The fourth-order valence-corrected chi connectivity index (χ4v) is 3.36. The first kappa shape index (κ1) is 17.3. The van der Waals surface area contributed by atoms with Gasteiger partial charge in [0.1, 0.15) is 0 Å². The highest BCUT2D eigenvalue weighted by Crippen LogP contribution is 2.34. The van der Waals surface area contributed by atoms with Gasteiger partial charge in [-0.3, -0.25) is 0 Å². The summed E-state index contributed by atoms with van der Waals surface area (Å²) < 4.78 is 0. The van der Waals surface area contributed by atoms with Crippen molar-refractivity contribution in [3.8, 4) is 0 Å². The molecule has 0 aromatic heterocycles. The van der Waals surface area contributed by atoms with Gasteiger partial charge in [0, 0.05) is 0 Å². The van der Waals surface area contributed by atoms with E-state index in [1.807, 2.05) is 12.2 Å². The van der Waals surface area contributed by atoms with E-state index in [4.69, 9.17) is 0 Å². The minimum absolute atomic E-state index is 0.785. The van der Waals surface area contributed by atoms with Gasteiger partial charge in [0.05, 0.1) is 0 Å². The van der Waals surface area contributed by atoms with E-state index in [1.165, 1.54) is 47.1 Å². The first-order chi connectivity index (χ1) is 11.1. The van der Waals surface area contributed by atoms with Crippen molar-refractivity contribution in [1.82, 2.24) is 0 Å². The molecule has 0 bridgehead atoms. The van der Waals surface area contributed by atoms with E-state index in [9.17, 15) is 0 Å². The van der Waals surface area contributed by atoms with Crippen molar-refractivity contribution in [2.75, 3.05) is 0 Å². The molecular formula is C23H28. The molecule has 1 aromatic carbocycles. The summed E-state index contributed by atoms with van der Waals surface area (Å²) >= 11 is 0. The van der Waals surface area contributed by atoms with E-state index in [2.05, 4.69) is 70.4 Å². The third kappa shape index (κ3) is 4.01. The molecule has 0 nitrogen and oxygen atoms in total. The number of benzene rings is 1. The normalized spacial score (nSPS) is 18.8. The van der Waals surface area contributed by atoms with Crippen molar-refractivity contribution in [2.24, 2.45) is 5.92 Å². The van der Waals surface area contributed by atoms with Crippen LogP contribution in [0.1, 0.15) is 43.9 Å². The van der Waals surface area contributed by atoms with Gasteiger partial charge in [-0.25, -0.2) is 0 Å². The van der Waals surface area contributed by atoms with Gasteiger partial charge in [-0.05, 0) is 66.9 Å². The first-order valence-corrected chi connectivity index (χ1v) is 8.51. The highest BCUT2D eigenvalue weighted by Gasteiger charge is 2.19. The predicted octanol–water partition coefficient (Wildman–Crippen LogP) is 6.46. The van der Waals surface area contributed by atoms with Crippen LogP contribution in [0.3, 0.4) is 0 Å². The van der Waals surface area contributed by atoms with Crippen molar-refractivity contribution in [2.45, 2.75) is 40.0 Å². The topological polar surface area (TPSA) is 0 Å². The lowest BCUT2D eigenvalue weighted by Gasteiger charge is -2.25. The smallest absolute Gasteiger partial charge is 0.0109 e. The van der Waals surface area contributed by atoms with Crippen LogP contribution in [0.15, 0.2) is 72.9 Å². The molecule has 0 aliphatic heterocycles. The third-order valence-corrected chi connectivity index (χ3v) is 4.50. The zero-order valence-electron chi connectivity index (χ0n) is 14.7. The van der Waals surface area contributed by atoms with Crippen LogP contribution in [0.4, 0.5) is 0 Å². The summed E-state index contributed by atoms with van der Waals surface area (Å²) in [6, 6.07) is 6.75. The lowest BCUT2D eigenvalue weighted by molar-refractivity contribution is 0.501. The Labute approximate surface area is 141 Å². The van der Waals surface area contributed by atoms with Crippen LogP contribution in [0.25, 0.3) is 5.57 Å². The first-order valence-electron chi connectivity index (χ1n) is 8.51. The molecule has 23 heavy (non-hydrogen) atoms. The standard InChI is InChI=1S/C23H28/c1-6-8-12-20(17(3)4)22(10-7-2)23-13-9-11-19-16-18(5)14-15-21(19)23/h6-13,18H,1,3,14-16H2,2,4-5H3/b10-7?,12-8-,22-20+. The average Bonchev–Trinajstić information content (AvgIpc) is 2.53. The Morgan fingerprint density at radius 2 is 2.04 bits per heavy atom. The van der Waals surface area contributed by atoms with E-state index in [-0.39, 0.29) is 0 Å². The van der Waals surface area contributed by atoms with E-state index in [0.29, 0.717) is 0 Å². The molecule has 1 aliphatic carbocycles. The van der Waals surface area contributed by atoms with Gasteiger partial charge in [-0.2, -0.15) is 0 Å². The van der Waals surface area contributed by atoms with E-state index < -0.39 is 0 Å².